The Hall–Kier alpha value is -13.5. The summed E-state index contributed by atoms with van der Waals surface area (Å²) in [6.45, 7) is 3.26. The van der Waals surface area contributed by atoms with Gasteiger partial charge in [0, 0.05) is 118 Å². The number of morpholine rings is 1. The lowest BCUT2D eigenvalue weighted by Crippen LogP contribution is -2.64. The number of primary amides is 3. The lowest BCUT2D eigenvalue weighted by atomic mass is 10.00. The minimum absolute atomic E-state index is 0.00981. The van der Waals surface area contributed by atoms with Crippen molar-refractivity contribution in [2.45, 2.75) is 209 Å². The molecule has 0 bridgehead atoms. The van der Waals surface area contributed by atoms with Gasteiger partial charge in [-0.2, -0.15) is 0 Å². The van der Waals surface area contributed by atoms with E-state index < -0.39 is 241 Å². The summed E-state index contributed by atoms with van der Waals surface area (Å²) >= 11 is 0.774. The fraction of sp³-hybridized carbons (Fsp3) is 0.506. The average Bonchev–Trinajstić information content (AvgIpc) is 1.75. The van der Waals surface area contributed by atoms with Crippen molar-refractivity contribution in [3.63, 3.8) is 0 Å². The molecule has 0 saturated carbocycles. The predicted octanol–water partition coefficient (Wildman–Crippen LogP) is -3.69. The first-order valence-corrected chi connectivity index (χ1v) is 44.5. The summed E-state index contributed by atoms with van der Waals surface area (Å²) in [5.74, 6) is -18.3. The number of H-pyrrole nitrogens is 3. The largest absolute Gasteiger partial charge is 0.508 e. The number of rotatable bonds is 23. The fourth-order valence-corrected chi connectivity index (χ4v) is 16.6. The minimum Gasteiger partial charge on any atom is -0.508 e. The second-order valence-corrected chi connectivity index (χ2v) is 33.8. The van der Waals surface area contributed by atoms with Gasteiger partial charge in [-0.15, -0.1) is 11.8 Å². The molecule has 6 heterocycles. The van der Waals surface area contributed by atoms with Gasteiger partial charge in [0.15, 0.2) is 0 Å². The Balaban J connectivity index is 1.08. The van der Waals surface area contributed by atoms with Crippen molar-refractivity contribution >= 4 is 140 Å². The number of likely N-dealkylation sites (N-methyl/N-ethyl adjacent to an activating group) is 3. The highest BCUT2D eigenvalue weighted by Gasteiger charge is 2.45. The molecule has 0 aliphatic carbocycles. The number of aromatic hydroxyl groups is 1. The van der Waals surface area contributed by atoms with Crippen molar-refractivity contribution in [2.24, 2.45) is 17.2 Å². The number of benzene rings is 3. The van der Waals surface area contributed by atoms with Crippen LogP contribution in [0.4, 0.5) is 0 Å². The second-order valence-electron chi connectivity index (χ2n) is 32.8. The summed E-state index contributed by atoms with van der Waals surface area (Å²) in [6.07, 6.45) is 4.63. The Labute approximate surface area is 758 Å². The number of nitrogens with zero attached hydrogens (tertiary/aromatic N) is 6. The number of aliphatic hydroxyl groups excluding tert-OH is 1. The number of hydrogen-bond donors (Lipinski definition) is 18. The van der Waals surface area contributed by atoms with Crippen LogP contribution in [0.2, 0.25) is 0 Å². The summed E-state index contributed by atoms with van der Waals surface area (Å²) in [4.78, 5) is 279. The molecule has 3 fully saturated rings. The third-order valence-corrected chi connectivity index (χ3v) is 24.3. The number of nitrogens with two attached hydrogens (primary N) is 3. The van der Waals surface area contributed by atoms with Crippen molar-refractivity contribution in [1.29, 1.82) is 0 Å². The van der Waals surface area contributed by atoms with Gasteiger partial charge in [-0.25, -0.2) is 4.98 Å². The van der Waals surface area contributed by atoms with Crippen LogP contribution in [0.25, 0.3) is 21.8 Å². The van der Waals surface area contributed by atoms with Crippen molar-refractivity contribution in [1.82, 2.24) is 97.6 Å². The first kappa shape index (κ1) is 101. The normalized spacial score (nSPS) is 24.7. The first-order valence-electron chi connectivity index (χ1n) is 43.4. The molecule has 44 heteroatoms. The molecule has 18 amide bonds. The van der Waals surface area contributed by atoms with E-state index in [2.05, 4.69) is 73.1 Å². The zero-order valence-electron chi connectivity index (χ0n) is 74.1. The Morgan fingerprint density at radius 1 is 0.527 bits per heavy atom. The number of phenolic OH excluding ortho intramolecular Hbond substituents is 1. The second kappa shape index (κ2) is 48.2. The topological polar surface area (TPSA) is 632 Å². The number of para-hydroxylation sites is 2. The van der Waals surface area contributed by atoms with Crippen LogP contribution in [-0.2, 0) is 117 Å². The molecule has 131 heavy (non-hydrogen) atoms. The smallest absolute Gasteiger partial charge is 0.246 e. The number of ether oxygens (including phenoxy) is 1. The number of imidazole rings is 1. The number of aromatic nitrogens is 4. The lowest BCUT2D eigenvalue weighted by molar-refractivity contribution is -0.152. The molecule has 43 nitrogen and oxygen atoms in total. The zero-order valence-corrected chi connectivity index (χ0v) is 74.9. The highest BCUT2D eigenvalue weighted by atomic mass is 32.2. The summed E-state index contributed by atoms with van der Waals surface area (Å²) < 4.78 is 5.80. The molecule has 3 aromatic heterocycles. The quantitative estimate of drug-likeness (QED) is 0.0294. The number of carbonyl (C=O) groups is 18. The van der Waals surface area contributed by atoms with Gasteiger partial charge in [-0.1, -0.05) is 88.1 Å². The van der Waals surface area contributed by atoms with Gasteiger partial charge in [-0.3, -0.25) is 86.3 Å². The van der Waals surface area contributed by atoms with E-state index in [-0.39, 0.29) is 82.5 Å². The standard InChI is InChI=1S/C87H118N22O21S/c1-8-10-21-66-80(122)96-47(3)74(116)104-65(76(118)94-41-72(90)114)44-131-45-73(115)97-61(33-49-24-26-53(111)27-25-49)83(125)105(5)48(4)75(117)101-63(37-71(89)113)86(128)108-30-16-23-67(108)81(123)100-60(36-52-40-91-46-95-52)78(120)98-58(28-29-70(88)112)85(127)109-31-32-130-43-69(109)82(124)99-59(34-50-38-92-56-19-14-12-17-54(50)56)77(119)103-64(42-110)79(121)102-62(35-51-39-93-57-20-15-13-18-55(51)57)84(126)107(7)68(22-11-9-2)87(129)106(66)6/h12-15,17-20,24-27,38-40,46-48,58-69,92-93,110-111H,8-11,16,21-23,28-37,41-45H2,1-7H3,(H2,88,112)(H2,89,113)(H2,90,114)(H,91,95)(H,94,118)(H,96,122)(H,97,115)(H,98,120)(H,99,124)(H,100,123)(H,101,117)(H,102,121)(H,103,119)(H,104,116)/t47-,48-,58-,59-,60-,61-,62-,63-,64-,65-,66-,67-,68-,69-/m0/s1. The molecule has 21 N–H and O–H groups in total. The SMILES string of the molecule is CCCC[C@H]1C(=O)N(C)[C@@H](CCCC)C(=O)N[C@@H](C)C(=O)N[C@H](C(=O)NCC(N)=O)CSCC(=O)N[C@@H](Cc2ccc(O)cc2)C(=O)N(C)[C@@H](C)C(=O)N[C@@H](CC(N)=O)C(=O)N2CCC[C@H]2C(=O)N[C@@H](Cc2cnc[nH]2)C(=O)N[C@@H](CCC(N)=O)C(=O)N2CCOC[C@H]2C(=O)N[C@@H](Cc2c[nH]c3ccccc23)C(=O)N[C@@H](CO)C(=O)N[C@@H](Cc2c[nH]c3ccccc23)C(=O)N1C. The molecule has 14 atom stereocenters. The van der Waals surface area contributed by atoms with E-state index in [1.807, 2.05) is 13.8 Å². The number of nitrogens with one attached hydrogen (secondary N) is 13. The van der Waals surface area contributed by atoms with Crippen LogP contribution in [0, 0.1) is 0 Å². The number of carbonyl (C=O) groups excluding carboxylic acids is 18. The molecule has 3 saturated heterocycles. The average molecular weight is 1840 g/mol. The lowest BCUT2D eigenvalue weighted by Gasteiger charge is -2.37. The monoisotopic (exact) mass is 1840 g/mol. The van der Waals surface area contributed by atoms with E-state index >= 15 is 33.6 Å². The number of hydrogen-bond acceptors (Lipinski definition) is 23. The number of fused-ring (bicyclic) bond motifs is 4. The van der Waals surface area contributed by atoms with Gasteiger partial charge in [0.2, 0.25) is 106 Å². The number of amides is 18. The maximum absolute atomic E-state index is 15.6. The molecule has 0 radical (unpaired) electrons. The van der Waals surface area contributed by atoms with Gasteiger partial charge >= 0.3 is 0 Å². The summed E-state index contributed by atoms with van der Waals surface area (Å²) in [6, 6.07) is -2.46. The van der Waals surface area contributed by atoms with Crippen LogP contribution in [0.3, 0.4) is 0 Å². The number of aliphatic hydroxyl groups is 1. The van der Waals surface area contributed by atoms with Crippen LogP contribution in [0.15, 0.2) is 97.7 Å². The van der Waals surface area contributed by atoms with Crippen LogP contribution in [0.1, 0.15) is 121 Å². The van der Waals surface area contributed by atoms with Gasteiger partial charge in [0.05, 0.1) is 44.9 Å². The molecule has 6 aromatic rings. The fourth-order valence-electron chi connectivity index (χ4n) is 15.8. The maximum Gasteiger partial charge on any atom is 0.246 e. The molecule has 3 aromatic carbocycles. The number of thioether (sulfide) groups is 1. The van der Waals surface area contributed by atoms with Crippen molar-refractivity contribution < 1.29 is 101 Å². The molecule has 3 aliphatic heterocycles. The van der Waals surface area contributed by atoms with Crippen molar-refractivity contribution in [3.05, 3.63) is 120 Å². The zero-order chi connectivity index (χ0) is 95.4. The van der Waals surface area contributed by atoms with Crippen LogP contribution >= 0.6 is 11.8 Å². The van der Waals surface area contributed by atoms with E-state index in [1.54, 1.807) is 60.9 Å². The number of unbranched alkanes of at least 4 members (excludes halogenated alkanes) is 2. The van der Waals surface area contributed by atoms with Crippen LogP contribution in [0.5, 0.6) is 5.75 Å². The third-order valence-electron chi connectivity index (χ3n) is 23.3. The summed E-state index contributed by atoms with van der Waals surface area (Å²) in [7, 11) is 3.90. The van der Waals surface area contributed by atoms with Gasteiger partial charge < -0.3 is 125 Å². The number of phenols is 1. The van der Waals surface area contributed by atoms with Crippen LogP contribution in [-0.4, -0.2) is 318 Å². The minimum atomic E-state index is -1.89. The van der Waals surface area contributed by atoms with Crippen molar-refractivity contribution in [3.8, 4) is 5.75 Å². The van der Waals surface area contributed by atoms with E-state index in [0.29, 0.717) is 64.2 Å². The molecular formula is C87H118N22O21S. The van der Waals surface area contributed by atoms with E-state index in [4.69, 9.17) is 21.9 Å². The Morgan fingerprint density at radius 2 is 1.07 bits per heavy atom. The number of aromatic amines is 3. The molecule has 708 valence electrons. The van der Waals surface area contributed by atoms with Gasteiger partial charge in [-0.05, 0) is 86.9 Å². The van der Waals surface area contributed by atoms with Gasteiger partial charge in [0.25, 0.3) is 0 Å². The Kier molecular flexibility index (Phi) is 37.3. The molecule has 9 rings (SSSR count). The van der Waals surface area contributed by atoms with Gasteiger partial charge in [0.1, 0.15) is 90.3 Å². The predicted molar refractivity (Wildman–Crippen MR) is 475 cm³/mol. The molecule has 0 spiro atoms. The Bertz CT molecular complexity index is 5110. The van der Waals surface area contributed by atoms with E-state index in [0.717, 1.165) is 36.3 Å². The van der Waals surface area contributed by atoms with E-state index in [1.165, 1.54) is 71.8 Å². The highest BCUT2D eigenvalue weighted by Crippen LogP contribution is 2.27. The maximum atomic E-state index is 15.6. The highest BCUT2D eigenvalue weighted by molar-refractivity contribution is 8.00. The summed E-state index contributed by atoms with van der Waals surface area (Å²) in [5.41, 5.74) is 19.7. The molecule has 3 aliphatic rings. The molecular weight excluding hydrogens is 1720 g/mol. The Morgan fingerprint density at radius 3 is 1.67 bits per heavy atom. The molecule has 0 unspecified atom stereocenters. The summed E-state index contributed by atoms with van der Waals surface area (Å²) in [5, 5.41) is 48.6. The van der Waals surface area contributed by atoms with Crippen molar-refractivity contribution in [2.75, 3.05) is 72.1 Å². The first-order chi connectivity index (χ1) is 62.5. The van der Waals surface area contributed by atoms with E-state index in [9.17, 15) is 63.0 Å². The third kappa shape index (κ3) is 27.8. The van der Waals surface area contributed by atoms with Crippen LogP contribution < -0.4 is 70.4 Å².